The van der Waals surface area contributed by atoms with E-state index in [0.29, 0.717) is 10.8 Å². The highest BCUT2D eigenvalue weighted by Crippen LogP contribution is 2.49. The molecule has 0 saturated carbocycles. The summed E-state index contributed by atoms with van der Waals surface area (Å²) in [5, 5.41) is 0.991. The largest absolute Gasteiger partial charge is 0.497 e. The minimum atomic E-state index is -3.58. The lowest BCUT2D eigenvalue weighted by molar-refractivity contribution is 0.354. The van der Waals surface area contributed by atoms with E-state index in [1.807, 2.05) is 30.3 Å². The number of ether oxygens (including phenoxy) is 1. The van der Waals surface area contributed by atoms with Gasteiger partial charge in [0, 0.05) is 23.4 Å². The van der Waals surface area contributed by atoms with Crippen LogP contribution in [0.4, 0.5) is 0 Å². The van der Waals surface area contributed by atoms with Gasteiger partial charge in [-0.2, -0.15) is 0 Å². The highest BCUT2D eigenvalue weighted by atomic mass is 32.2. The molecule has 0 bridgehead atoms. The number of likely N-dealkylation sites (N-methyl/N-ethyl adjacent to an activating group) is 1. The minimum absolute atomic E-state index is 0.317. The number of nitrogens with zero attached hydrogens (tertiary/aromatic N) is 2. The Labute approximate surface area is 159 Å². The summed E-state index contributed by atoms with van der Waals surface area (Å²) in [6.07, 6.45) is 1.04. The second-order valence-electron chi connectivity index (χ2n) is 7.29. The molecule has 0 radical (unpaired) electrons. The molecule has 5 nitrogen and oxygen atoms in total. The number of rotatable bonds is 3. The van der Waals surface area contributed by atoms with E-state index < -0.39 is 10.0 Å². The van der Waals surface area contributed by atoms with Crippen molar-refractivity contribution in [1.29, 1.82) is 0 Å². The smallest absolute Gasteiger partial charge is 0.269 e. The quantitative estimate of drug-likeness (QED) is 0.542. The van der Waals surface area contributed by atoms with Crippen LogP contribution in [0, 0.1) is 0 Å². The average Bonchev–Trinajstić information content (AvgIpc) is 3.34. The van der Waals surface area contributed by atoms with E-state index in [0.717, 1.165) is 59.5 Å². The monoisotopic (exact) mass is 382 g/mol. The van der Waals surface area contributed by atoms with E-state index in [1.165, 1.54) is 0 Å². The number of fused-ring (bicyclic) bond motifs is 5. The molecular weight excluding hydrogens is 360 g/mol. The van der Waals surface area contributed by atoms with E-state index in [1.54, 1.807) is 23.2 Å². The van der Waals surface area contributed by atoms with Gasteiger partial charge < -0.3 is 9.64 Å². The molecule has 2 aliphatic heterocycles. The Hall–Kier alpha value is -2.31. The number of hydrogen-bond acceptors (Lipinski definition) is 4. The molecule has 6 heteroatoms. The van der Waals surface area contributed by atoms with Crippen LogP contribution in [0.1, 0.15) is 24.8 Å². The molecule has 0 N–H and O–H groups in total. The standard InChI is InChI=1S/C21H22N2O3S/c1-3-22-11-10-14(13-22)20-17-12-15(26-2)8-9-18(17)23-21(20)16-6-4-5-7-19(16)27(23,24)25/h4-9,12,14H,3,10-11,13H2,1-2H3. The average molecular weight is 382 g/mol. The van der Waals surface area contributed by atoms with Crippen molar-refractivity contribution in [2.75, 3.05) is 26.7 Å². The normalized spacial score (nSPS) is 20.7. The molecule has 0 aliphatic carbocycles. The van der Waals surface area contributed by atoms with Crippen molar-refractivity contribution in [3.05, 3.63) is 48.0 Å². The first-order valence-electron chi connectivity index (χ1n) is 9.36. The van der Waals surface area contributed by atoms with Crippen molar-refractivity contribution in [1.82, 2.24) is 8.87 Å². The lowest BCUT2D eigenvalue weighted by Crippen LogP contribution is -2.19. The second-order valence-corrected chi connectivity index (χ2v) is 9.04. The molecule has 2 aromatic carbocycles. The molecule has 5 rings (SSSR count). The lowest BCUT2D eigenvalue weighted by atomic mass is 9.92. The summed E-state index contributed by atoms with van der Waals surface area (Å²) in [4.78, 5) is 2.83. The summed E-state index contributed by atoms with van der Waals surface area (Å²) in [7, 11) is -1.93. The second kappa shape index (κ2) is 5.84. The molecule has 0 spiro atoms. The molecule has 140 valence electrons. The highest BCUT2D eigenvalue weighted by molar-refractivity contribution is 7.90. The molecule has 1 aromatic heterocycles. The van der Waals surface area contributed by atoms with Crippen molar-refractivity contribution < 1.29 is 13.2 Å². The Morgan fingerprint density at radius 3 is 2.74 bits per heavy atom. The molecule has 2 aliphatic rings. The number of benzene rings is 2. The Morgan fingerprint density at radius 1 is 1.19 bits per heavy atom. The Balaban J connectivity index is 1.87. The van der Waals surface area contributed by atoms with Crippen LogP contribution in [0.2, 0.25) is 0 Å². The molecule has 1 unspecified atom stereocenters. The van der Waals surface area contributed by atoms with Gasteiger partial charge in [-0.25, -0.2) is 12.4 Å². The zero-order valence-electron chi connectivity index (χ0n) is 15.5. The zero-order chi connectivity index (χ0) is 18.8. The van der Waals surface area contributed by atoms with E-state index in [4.69, 9.17) is 4.74 Å². The van der Waals surface area contributed by atoms with Gasteiger partial charge in [0.05, 0.1) is 23.2 Å². The fourth-order valence-electron chi connectivity index (χ4n) is 4.65. The third-order valence-corrected chi connectivity index (χ3v) is 7.73. The third-order valence-electron chi connectivity index (χ3n) is 5.96. The summed E-state index contributed by atoms with van der Waals surface area (Å²) in [5.74, 6) is 1.07. The third kappa shape index (κ3) is 2.23. The molecule has 1 fully saturated rings. The molecule has 0 amide bonds. The first-order valence-corrected chi connectivity index (χ1v) is 10.8. The highest BCUT2D eigenvalue weighted by Gasteiger charge is 2.39. The summed E-state index contributed by atoms with van der Waals surface area (Å²) in [5.41, 5.74) is 3.55. The maximum atomic E-state index is 13.3. The molecule has 1 saturated heterocycles. The van der Waals surface area contributed by atoms with Crippen LogP contribution in [0.25, 0.3) is 22.2 Å². The Kier molecular flexibility index (Phi) is 3.64. The first-order chi connectivity index (χ1) is 13.1. The van der Waals surface area contributed by atoms with Gasteiger partial charge in [-0.15, -0.1) is 0 Å². The zero-order valence-corrected chi connectivity index (χ0v) is 16.3. The molecular formula is C21H22N2O3S. The van der Waals surface area contributed by atoms with Crippen molar-refractivity contribution in [3.63, 3.8) is 0 Å². The first kappa shape index (κ1) is 16.8. The SMILES string of the molecule is CCN1CCC(c2c3n(c4ccc(OC)cc24)S(=O)(=O)c2ccccc2-3)C1. The van der Waals surface area contributed by atoms with Crippen LogP contribution in [0.15, 0.2) is 47.4 Å². The van der Waals surface area contributed by atoms with Crippen LogP contribution in [-0.4, -0.2) is 44.0 Å². The molecule has 3 aromatic rings. The molecule has 27 heavy (non-hydrogen) atoms. The summed E-state index contributed by atoms with van der Waals surface area (Å²) in [6, 6.07) is 13.0. The van der Waals surface area contributed by atoms with Crippen molar-refractivity contribution >= 4 is 20.9 Å². The summed E-state index contributed by atoms with van der Waals surface area (Å²) < 4.78 is 33.6. The summed E-state index contributed by atoms with van der Waals surface area (Å²) in [6.45, 7) is 5.20. The van der Waals surface area contributed by atoms with Crippen LogP contribution in [0.5, 0.6) is 5.75 Å². The number of hydrogen-bond donors (Lipinski definition) is 0. The van der Waals surface area contributed by atoms with Crippen LogP contribution < -0.4 is 4.74 Å². The Bertz CT molecular complexity index is 1160. The van der Waals surface area contributed by atoms with Gasteiger partial charge in [-0.1, -0.05) is 25.1 Å². The molecule has 3 heterocycles. The van der Waals surface area contributed by atoms with Gasteiger partial charge in [0.15, 0.2) is 0 Å². The van der Waals surface area contributed by atoms with Crippen LogP contribution in [0.3, 0.4) is 0 Å². The predicted molar refractivity (Wildman–Crippen MR) is 106 cm³/mol. The van der Waals surface area contributed by atoms with E-state index in [2.05, 4.69) is 11.8 Å². The lowest BCUT2D eigenvalue weighted by Gasteiger charge is -2.14. The maximum Gasteiger partial charge on any atom is 0.269 e. The predicted octanol–water partition coefficient (Wildman–Crippen LogP) is 3.68. The fraction of sp³-hybridized carbons (Fsp3) is 0.333. The van der Waals surface area contributed by atoms with Crippen LogP contribution in [-0.2, 0) is 10.0 Å². The topological polar surface area (TPSA) is 51.5 Å². The van der Waals surface area contributed by atoms with E-state index in [-0.39, 0.29) is 0 Å². The number of aromatic nitrogens is 1. The van der Waals surface area contributed by atoms with Crippen molar-refractivity contribution in [3.8, 4) is 17.0 Å². The molecule has 1 atom stereocenters. The van der Waals surface area contributed by atoms with Gasteiger partial charge in [0.25, 0.3) is 10.0 Å². The fourth-order valence-corrected chi connectivity index (χ4v) is 6.40. The van der Waals surface area contributed by atoms with Crippen LogP contribution >= 0.6 is 0 Å². The summed E-state index contributed by atoms with van der Waals surface area (Å²) >= 11 is 0. The van der Waals surface area contributed by atoms with Gasteiger partial charge in [-0.05, 0) is 49.3 Å². The van der Waals surface area contributed by atoms with E-state index in [9.17, 15) is 8.42 Å². The van der Waals surface area contributed by atoms with Gasteiger partial charge in [0.1, 0.15) is 5.75 Å². The van der Waals surface area contributed by atoms with Gasteiger partial charge >= 0.3 is 0 Å². The number of methoxy groups -OCH3 is 1. The van der Waals surface area contributed by atoms with Crippen molar-refractivity contribution in [2.45, 2.75) is 24.2 Å². The Morgan fingerprint density at radius 2 is 2.00 bits per heavy atom. The van der Waals surface area contributed by atoms with Gasteiger partial charge in [-0.3, -0.25) is 0 Å². The van der Waals surface area contributed by atoms with E-state index >= 15 is 0 Å². The van der Waals surface area contributed by atoms with Crippen molar-refractivity contribution in [2.24, 2.45) is 0 Å². The maximum absolute atomic E-state index is 13.3. The van der Waals surface area contributed by atoms with Gasteiger partial charge in [0.2, 0.25) is 0 Å². The minimum Gasteiger partial charge on any atom is -0.497 e. The number of likely N-dealkylation sites (tertiary alicyclic amines) is 1.